The van der Waals surface area contributed by atoms with Crippen molar-refractivity contribution in [2.24, 2.45) is 5.73 Å². The summed E-state index contributed by atoms with van der Waals surface area (Å²) in [7, 11) is 1.30. The lowest BCUT2D eigenvalue weighted by atomic mass is 10.2. The largest absolute Gasteiger partial charge is 0.345 e. The number of ether oxygens (including phenoxy) is 1. The molecule has 0 amide bonds. The van der Waals surface area contributed by atoms with Crippen LogP contribution < -0.4 is 15.7 Å². The first kappa shape index (κ1) is 16.8. The number of hydrogen-bond donors (Lipinski definition) is 2. The van der Waals surface area contributed by atoms with E-state index >= 15 is 0 Å². The van der Waals surface area contributed by atoms with Gasteiger partial charge in [-0.15, -0.1) is 4.28 Å². The second kappa shape index (κ2) is 7.11. The molecule has 22 heavy (non-hydrogen) atoms. The van der Waals surface area contributed by atoms with Crippen molar-refractivity contribution in [3.63, 3.8) is 0 Å². The fourth-order valence-corrected chi connectivity index (χ4v) is 2.46. The van der Waals surface area contributed by atoms with Crippen LogP contribution in [0.2, 0.25) is 0 Å². The third-order valence-electron chi connectivity index (χ3n) is 3.20. The zero-order chi connectivity index (χ0) is 16.3. The van der Waals surface area contributed by atoms with Gasteiger partial charge in [0.1, 0.15) is 5.69 Å². The first-order valence-corrected chi connectivity index (χ1v) is 7.39. The molecule has 1 heterocycles. The summed E-state index contributed by atoms with van der Waals surface area (Å²) in [6.07, 6.45) is -0.510. The molecule has 1 aliphatic heterocycles. The number of halogens is 1. The van der Waals surface area contributed by atoms with Crippen LogP contribution in [0.3, 0.4) is 0 Å². The van der Waals surface area contributed by atoms with Crippen LogP contribution in [-0.2, 0) is 25.2 Å². The summed E-state index contributed by atoms with van der Waals surface area (Å²) < 4.78 is 43.2. The van der Waals surface area contributed by atoms with Gasteiger partial charge in [-0.05, 0) is 18.2 Å². The van der Waals surface area contributed by atoms with Crippen molar-refractivity contribution in [2.75, 3.05) is 30.1 Å². The van der Waals surface area contributed by atoms with E-state index < -0.39 is 23.4 Å². The Kier molecular flexibility index (Phi) is 5.42. The van der Waals surface area contributed by atoms with Crippen LogP contribution in [0.4, 0.5) is 15.8 Å². The minimum absolute atomic E-state index is 0.0238. The minimum Gasteiger partial charge on any atom is -0.345 e. The van der Waals surface area contributed by atoms with Gasteiger partial charge in [0.05, 0.1) is 6.10 Å². The molecule has 122 valence electrons. The highest BCUT2D eigenvalue weighted by Crippen LogP contribution is 2.28. The Morgan fingerprint density at radius 3 is 2.95 bits per heavy atom. The third kappa shape index (κ3) is 3.59. The quantitative estimate of drug-likeness (QED) is 0.426. The molecule has 10 heteroatoms. The molecule has 0 spiro atoms. The molecule has 8 nitrogen and oxygen atoms in total. The van der Waals surface area contributed by atoms with Crippen molar-refractivity contribution in [2.45, 2.75) is 12.3 Å². The lowest BCUT2D eigenvalue weighted by molar-refractivity contribution is -0.117. The Labute approximate surface area is 129 Å². The van der Waals surface area contributed by atoms with Crippen molar-refractivity contribution in [1.82, 2.24) is 0 Å². The van der Waals surface area contributed by atoms with Crippen LogP contribution in [0.15, 0.2) is 18.2 Å². The third-order valence-corrected chi connectivity index (χ3v) is 3.55. The van der Waals surface area contributed by atoms with Crippen LogP contribution in [0.1, 0.15) is 0 Å². The summed E-state index contributed by atoms with van der Waals surface area (Å²) in [6.45, 7) is 0.617. The molecule has 3 N–H and O–H groups in total. The van der Waals surface area contributed by atoms with Gasteiger partial charge in [0.2, 0.25) is 0 Å². The Hall–Kier alpha value is -1.59. The highest BCUT2D eigenvalue weighted by atomic mass is 32.2. The van der Waals surface area contributed by atoms with Crippen molar-refractivity contribution < 1.29 is 27.0 Å². The molecule has 2 unspecified atom stereocenters. The molecule has 0 bridgehead atoms. The first-order chi connectivity index (χ1) is 10.5. The van der Waals surface area contributed by atoms with Crippen molar-refractivity contribution in [3.8, 4) is 0 Å². The van der Waals surface area contributed by atoms with Crippen molar-refractivity contribution in [1.29, 1.82) is 0 Å². The number of carbonyl (C=O) groups is 1. The predicted octanol–water partition coefficient (Wildman–Crippen LogP) is 0.0191. The number of anilines is 2. The molecule has 1 aromatic rings. The summed E-state index contributed by atoms with van der Waals surface area (Å²) in [5, 5.41) is 0.843. The summed E-state index contributed by atoms with van der Waals surface area (Å²) in [5.74, 6) is -0.675. The molecular formula is C12H16FN3O5S. The summed E-state index contributed by atoms with van der Waals surface area (Å²) in [6, 6.07) is 4.11. The smallest absolute Gasteiger partial charge is 0.325 e. The number of benzene rings is 1. The van der Waals surface area contributed by atoms with Crippen LogP contribution in [0.25, 0.3) is 0 Å². The standard InChI is InChI=1S/C12H16FN3O5S/c1-15(21-22(18)19)11-3-2-8(4-10(11)13)16-6-9(5-14)20-12(16)7-17/h2-4,7,9,12H,5-6,14H2,1H3,(H,18,19)/t9-,12?/m0/s1. The van der Waals surface area contributed by atoms with Crippen LogP contribution in [0, 0.1) is 5.82 Å². The Morgan fingerprint density at radius 1 is 1.68 bits per heavy atom. The summed E-state index contributed by atoms with van der Waals surface area (Å²) in [5.41, 5.74) is 5.93. The molecule has 0 aliphatic carbocycles. The summed E-state index contributed by atoms with van der Waals surface area (Å²) in [4.78, 5) is 12.6. The highest BCUT2D eigenvalue weighted by Gasteiger charge is 2.32. The Morgan fingerprint density at radius 2 is 2.41 bits per heavy atom. The number of nitrogens with two attached hydrogens (primary N) is 1. The van der Waals surface area contributed by atoms with Crippen LogP contribution in [0.5, 0.6) is 0 Å². The maximum atomic E-state index is 14.1. The number of hydroxylamine groups is 1. The Balaban J connectivity index is 2.21. The van der Waals surface area contributed by atoms with E-state index in [1.807, 2.05) is 0 Å². The molecule has 2 rings (SSSR count). The second-order valence-electron chi connectivity index (χ2n) is 4.60. The molecule has 0 saturated carbocycles. The predicted molar refractivity (Wildman–Crippen MR) is 77.8 cm³/mol. The van der Waals surface area contributed by atoms with E-state index in [0.717, 1.165) is 5.06 Å². The minimum atomic E-state index is -2.56. The zero-order valence-corrected chi connectivity index (χ0v) is 12.5. The topological polar surface area (TPSA) is 105 Å². The molecule has 1 aliphatic rings. The van der Waals surface area contributed by atoms with E-state index in [1.165, 1.54) is 19.2 Å². The van der Waals surface area contributed by atoms with Gasteiger partial charge in [0.25, 0.3) is 0 Å². The monoisotopic (exact) mass is 333 g/mol. The fraction of sp³-hybridized carbons (Fsp3) is 0.417. The second-order valence-corrected chi connectivity index (χ2v) is 5.18. The maximum absolute atomic E-state index is 14.1. The van der Waals surface area contributed by atoms with Gasteiger partial charge in [-0.25, -0.2) is 9.45 Å². The van der Waals surface area contributed by atoms with Gasteiger partial charge >= 0.3 is 11.4 Å². The molecule has 0 radical (unpaired) electrons. The van der Waals surface area contributed by atoms with Gasteiger partial charge in [0.15, 0.2) is 18.3 Å². The van der Waals surface area contributed by atoms with Crippen LogP contribution in [-0.4, -0.2) is 47.5 Å². The fourth-order valence-electron chi connectivity index (χ4n) is 2.19. The molecule has 3 atom stereocenters. The highest BCUT2D eigenvalue weighted by molar-refractivity contribution is 7.74. The van der Waals surface area contributed by atoms with E-state index in [-0.39, 0.29) is 18.3 Å². The summed E-state index contributed by atoms with van der Waals surface area (Å²) >= 11 is -2.56. The van der Waals surface area contributed by atoms with E-state index in [4.69, 9.17) is 15.0 Å². The van der Waals surface area contributed by atoms with E-state index in [1.54, 1.807) is 11.0 Å². The molecule has 0 aromatic heterocycles. The number of carbonyl (C=O) groups excluding carboxylic acids is 1. The van der Waals surface area contributed by atoms with E-state index in [2.05, 4.69) is 4.28 Å². The average molecular weight is 333 g/mol. The number of hydrogen-bond acceptors (Lipinski definition) is 7. The SMILES string of the molecule is CN(OS(=O)O)c1ccc(N2C[C@H](CN)OC2C=O)cc1F. The number of aldehydes is 1. The van der Waals surface area contributed by atoms with Gasteiger partial charge in [0, 0.05) is 25.8 Å². The van der Waals surface area contributed by atoms with Gasteiger partial charge < -0.3 is 15.4 Å². The van der Waals surface area contributed by atoms with Crippen LogP contribution >= 0.6 is 0 Å². The van der Waals surface area contributed by atoms with Gasteiger partial charge in [-0.3, -0.25) is 9.35 Å². The molecule has 1 aromatic carbocycles. The van der Waals surface area contributed by atoms with E-state index in [9.17, 15) is 13.4 Å². The zero-order valence-electron chi connectivity index (χ0n) is 11.7. The van der Waals surface area contributed by atoms with E-state index in [0.29, 0.717) is 18.5 Å². The molecular weight excluding hydrogens is 317 g/mol. The van der Waals surface area contributed by atoms with Crippen molar-refractivity contribution in [3.05, 3.63) is 24.0 Å². The normalized spacial score (nSPS) is 22.6. The molecule has 1 fully saturated rings. The number of rotatable bonds is 6. The molecule has 1 saturated heterocycles. The van der Waals surface area contributed by atoms with Gasteiger partial charge in [-0.1, -0.05) is 0 Å². The average Bonchev–Trinajstić information content (AvgIpc) is 2.89. The lowest BCUT2D eigenvalue weighted by Crippen LogP contribution is -2.31. The Bertz CT molecular complexity index is 576. The van der Waals surface area contributed by atoms with Crippen molar-refractivity contribution >= 4 is 29.0 Å². The van der Waals surface area contributed by atoms with Gasteiger partial charge in [-0.2, -0.15) is 4.21 Å². The number of nitrogens with zero attached hydrogens (tertiary/aromatic N) is 2. The maximum Gasteiger partial charge on any atom is 0.325 e. The first-order valence-electron chi connectivity index (χ1n) is 6.36. The lowest BCUT2D eigenvalue weighted by Gasteiger charge is -2.22.